The van der Waals surface area contributed by atoms with Crippen molar-refractivity contribution in [2.24, 2.45) is 5.92 Å². The van der Waals surface area contributed by atoms with Gasteiger partial charge in [-0.3, -0.25) is 0 Å². The van der Waals surface area contributed by atoms with Crippen LogP contribution in [0.25, 0.3) is 10.9 Å². The summed E-state index contributed by atoms with van der Waals surface area (Å²) in [5, 5.41) is 1.01. The molecule has 5 nitrogen and oxygen atoms in total. The van der Waals surface area contributed by atoms with Crippen LogP contribution in [0.4, 0.5) is 0 Å². The molecular weight excluding hydrogens is 438 g/mol. The highest BCUT2D eigenvalue weighted by atomic mass is 16.5. The number of hydrogen-bond donors (Lipinski definition) is 0. The highest BCUT2D eigenvalue weighted by molar-refractivity contribution is 5.86. The zero-order chi connectivity index (χ0) is 23.9. The van der Waals surface area contributed by atoms with E-state index in [9.17, 15) is 0 Å². The number of fused-ring (bicyclic) bond motifs is 1. The Kier molecular flexibility index (Phi) is 7.44. The number of para-hydroxylation sites is 1. The normalized spacial score (nSPS) is 14.1. The molecule has 1 aliphatic rings. The maximum atomic E-state index is 6.30. The van der Waals surface area contributed by atoms with Crippen molar-refractivity contribution < 1.29 is 18.9 Å². The zero-order valence-electron chi connectivity index (χ0n) is 20.1. The van der Waals surface area contributed by atoms with Gasteiger partial charge in [0, 0.05) is 24.2 Å². The average molecular weight is 470 g/mol. The Labute approximate surface area is 206 Å². The second kappa shape index (κ2) is 11.2. The summed E-state index contributed by atoms with van der Waals surface area (Å²) in [5.41, 5.74) is 3.89. The number of aromatic nitrogens is 1. The first-order valence-corrected chi connectivity index (χ1v) is 12.2. The second-order valence-electron chi connectivity index (χ2n) is 8.93. The van der Waals surface area contributed by atoms with E-state index in [1.54, 1.807) is 0 Å². The molecule has 0 bridgehead atoms. The predicted molar refractivity (Wildman–Crippen MR) is 137 cm³/mol. The van der Waals surface area contributed by atoms with E-state index in [0.29, 0.717) is 19.1 Å². The summed E-state index contributed by atoms with van der Waals surface area (Å²) in [6.07, 6.45) is 2.13. The lowest BCUT2D eigenvalue weighted by atomic mass is 10.0. The fraction of sp³-hybridized carbons (Fsp3) is 0.300. The fourth-order valence-corrected chi connectivity index (χ4v) is 4.29. The van der Waals surface area contributed by atoms with Gasteiger partial charge in [-0.25, -0.2) is 4.98 Å². The van der Waals surface area contributed by atoms with E-state index in [1.165, 1.54) is 0 Å². The quantitative estimate of drug-likeness (QED) is 0.280. The molecule has 5 heteroatoms. The van der Waals surface area contributed by atoms with Gasteiger partial charge >= 0.3 is 0 Å². The predicted octanol–water partition coefficient (Wildman–Crippen LogP) is 6.51. The van der Waals surface area contributed by atoms with Crippen molar-refractivity contribution >= 4 is 10.9 Å². The maximum Gasteiger partial charge on any atom is 0.134 e. The number of benzene rings is 3. The Morgan fingerprint density at radius 1 is 0.771 bits per heavy atom. The topological polar surface area (TPSA) is 49.8 Å². The molecule has 0 N–H and O–H groups in total. The van der Waals surface area contributed by atoms with Crippen LogP contribution in [-0.4, -0.2) is 24.8 Å². The van der Waals surface area contributed by atoms with Gasteiger partial charge in [0.2, 0.25) is 0 Å². The van der Waals surface area contributed by atoms with Crippen LogP contribution < -0.4 is 14.2 Å². The minimum atomic E-state index is 0.362. The van der Waals surface area contributed by atoms with E-state index < -0.39 is 0 Å². The van der Waals surface area contributed by atoms with Crippen LogP contribution in [0.15, 0.2) is 78.9 Å². The third kappa shape index (κ3) is 5.92. The van der Waals surface area contributed by atoms with Crippen LogP contribution in [0.2, 0.25) is 0 Å². The smallest absolute Gasteiger partial charge is 0.134 e. The number of ether oxygens (including phenoxy) is 4. The Morgan fingerprint density at radius 2 is 1.46 bits per heavy atom. The van der Waals surface area contributed by atoms with Crippen LogP contribution in [0.1, 0.15) is 29.7 Å². The summed E-state index contributed by atoms with van der Waals surface area (Å²) in [6, 6.07) is 26.1. The van der Waals surface area contributed by atoms with E-state index >= 15 is 0 Å². The lowest BCUT2D eigenvalue weighted by Crippen LogP contribution is -2.21. The number of hydrogen-bond acceptors (Lipinski definition) is 5. The van der Waals surface area contributed by atoms with Gasteiger partial charge in [-0.1, -0.05) is 42.5 Å². The van der Waals surface area contributed by atoms with Gasteiger partial charge in [0.15, 0.2) is 0 Å². The molecule has 5 rings (SSSR count). The first-order chi connectivity index (χ1) is 17.3. The molecular formula is C30H31NO4. The summed E-state index contributed by atoms with van der Waals surface area (Å²) in [5.74, 6) is 3.07. The minimum absolute atomic E-state index is 0.362. The van der Waals surface area contributed by atoms with Crippen molar-refractivity contribution in [2.45, 2.75) is 33.0 Å². The van der Waals surface area contributed by atoms with Crippen LogP contribution in [0, 0.1) is 12.8 Å². The molecule has 2 heterocycles. The molecule has 180 valence electrons. The lowest BCUT2D eigenvalue weighted by Gasteiger charge is -2.22. The van der Waals surface area contributed by atoms with Crippen LogP contribution >= 0.6 is 0 Å². The van der Waals surface area contributed by atoms with Crippen molar-refractivity contribution in [2.75, 3.05) is 19.8 Å². The van der Waals surface area contributed by atoms with Gasteiger partial charge < -0.3 is 18.9 Å². The van der Waals surface area contributed by atoms with Gasteiger partial charge in [0.25, 0.3) is 0 Å². The van der Waals surface area contributed by atoms with Crippen molar-refractivity contribution in [3.8, 4) is 17.2 Å². The Hall–Kier alpha value is -3.57. The largest absolute Gasteiger partial charge is 0.493 e. The molecule has 0 saturated carbocycles. The third-order valence-corrected chi connectivity index (χ3v) is 6.43. The third-order valence-electron chi connectivity index (χ3n) is 6.43. The highest BCUT2D eigenvalue weighted by Crippen LogP contribution is 2.32. The summed E-state index contributed by atoms with van der Waals surface area (Å²) < 4.78 is 23.8. The standard InChI is InChI=1S/C30H31NO4/c1-22-29(21-34-26-13-11-25(12-14-26)33-19-24-15-17-32-18-16-24)31-28-10-6-5-9-27(28)30(22)35-20-23-7-3-2-4-8-23/h2-14,24H,15-21H2,1H3. The molecule has 3 aromatic carbocycles. The number of rotatable bonds is 9. The Morgan fingerprint density at radius 3 is 2.23 bits per heavy atom. The highest BCUT2D eigenvalue weighted by Gasteiger charge is 2.15. The van der Waals surface area contributed by atoms with Crippen LogP contribution in [0.3, 0.4) is 0 Å². The molecule has 1 aromatic heterocycles. The molecule has 0 spiro atoms. The molecule has 0 radical (unpaired) electrons. The Balaban J connectivity index is 1.26. The van der Waals surface area contributed by atoms with E-state index in [1.807, 2.05) is 67.6 Å². The van der Waals surface area contributed by atoms with Gasteiger partial charge in [-0.15, -0.1) is 0 Å². The SMILES string of the molecule is Cc1c(COc2ccc(OCC3CCOCC3)cc2)nc2ccccc2c1OCc1ccccc1. The van der Waals surface area contributed by atoms with Gasteiger partial charge in [0.1, 0.15) is 30.5 Å². The molecule has 35 heavy (non-hydrogen) atoms. The lowest BCUT2D eigenvalue weighted by molar-refractivity contribution is 0.0497. The molecule has 0 aliphatic carbocycles. The van der Waals surface area contributed by atoms with Crippen molar-refractivity contribution in [1.82, 2.24) is 4.98 Å². The number of pyridine rings is 1. The van der Waals surface area contributed by atoms with E-state index in [0.717, 1.165) is 77.6 Å². The maximum absolute atomic E-state index is 6.30. The second-order valence-corrected chi connectivity index (χ2v) is 8.93. The van der Waals surface area contributed by atoms with Crippen LogP contribution in [0.5, 0.6) is 17.2 Å². The van der Waals surface area contributed by atoms with Crippen molar-refractivity contribution in [3.05, 3.63) is 95.7 Å². The number of nitrogens with zero attached hydrogens (tertiary/aromatic N) is 1. The minimum Gasteiger partial charge on any atom is -0.493 e. The van der Waals surface area contributed by atoms with Crippen molar-refractivity contribution in [3.63, 3.8) is 0 Å². The molecule has 4 aromatic rings. The zero-order valence-corrected chi connectivity index (χ0v) is 20.1. The van der Waals surface area contributed by atoms with Crippen molar-refractivity contribution in [1.29, 1.82) is 0 Å². The fourth-order valence-electron chi connectivity index (χ4n) is 4.29. The Bertz CT molecular complexity index is 1230. The van der Waals surface area contributed by atoms with Crippen LogP contribution in [-0.2, 0) is 18.0 Å². The molecule has 1 saturated heterocycles. The molecule has 0 unspecified atom stereocenters. The first-order valence-electron chi connectivity index (χ1n) is 12.2. The van der Waals surface area contributed by atoms with Gasteiger partial charge in [-0.05, 0) is 67.6 Å². The molecule has 0 atom stereocenters. The summed E-state index contributed by atoms with van der Waals surface area (Å²) in [6.45, 7) is 5.32. The summed E-state index contributed by atoms with van der Waals surface area (Å²) in [4.78, 5) is 4.86. The average Bonchev–Trinajstić information content (AvgIpc) is 2.92. The van der Waals surface area contributed by atoms with Gasteiger partial charge in [0.05, 0.1) is 17.8 Å². The van der Waals surface area contributed by atoms with E-state index in [-0.39, 0.29) is 0 Å². The monoisotopic (exact) mass is 469 g/mol. The molecule has 1 aliphatic heterocycles. The summed E-state index contributed by atoms with van der Waals surface area (Å²) >= 11 is 0. The van der Waals surface area contributed by atoms with E-state index in [2.05, 4.69) is 18.2 Å². The molecule has 1 fully saturated rings. The van der Waals surface area contributed by atoms with Gasteiger partial charge in [-0.2, -0.15) is 0 Å². The first kappa shape index (κ1) is 23.2. The van der Waals surface area contributed by atoms with E-state index in [4.69, 9.17) is 23.9 Å². The summed E-state index contributed by atoms with van der Waals surface area (Å²) in [7, 11) is 0. The molecule has 0 amide bonds.